The van der Waals surface area contributed by atoms with Crippen LogP contribution in [-0.2, 0) is 17.6 Å². The lowest BCUT2D eigenvalue weighted by atomic mass is 9.85. The van der Waals surface area contributed by atoms with Crippen LogP contribution in [0, 0.1) is 0 Å². The molecule has 1 atom stereocenters. The summed E-state index contributed by atoms with van der Waals surface area (Å²) in [5.74, 6) is 0.286. The molecule has 6 nitrogen and oxygen atoms in total. The number of benzene rings is 2. The smallest absolute Gasteiger partial charge is 0.241 e. The third-order valence-corrected chi connectivity index (χ3v) is 8.83. The molecule has 3 saturated heterocycles. The van der Waals surface area contributed by atoms with Crippen molar-refractivity contribution < 1.29 is 10.3 Å². The van der Waals surface area contributed by atoms with E-state index in [-0.39, 0.29) is 47.9 Å². The number of carbonyl (C=O) groups is 1. The summed E-state index contributed by atoms with van der Waals surface area (Å²) in [7, 11) is 0. The summed E-state index contributed by atoms with van der Waals surface area (Å²) >= 11 is 6.43. The number of aryl methyl sites for hydroxylation is 2. The van der Waals surface area contributed by atoms with Gasteiger partial charge in [0, 0.05) is 42.6 Å². The summed E-state index contributed by atoms with van der Waals surface area (Å²) in [5.41, 5.74) is 5.12. The van der Waals surface area contributed by atoms with Crippen molar-refractivity contribution in [1.29, 1.82) is 0 Å². The standard InChI is InChI=1S/C28H35ClN4O.2ClH.H2O/c29-23-12-11-22-10-9-21-6-1-2-7-24(21)32(25(22)20-23)16-5-15-31-18-13-28(14-19-31)27(34)30-26-8-3-4-17-33(26)28;;;/h1-2,6-7,11-12,20,26H,3-5,8-10,13-19H2,(H,30,34);2*1H;1H2. The monoisotopic (exact) mass is 568 g/mol. The molecular weight excluding hydrogens is 531 g/mol. The number of carbonyl (C=O) groups excluding carboxylic acids is 1. The number of nitrogens with zero attached hydrogens (tertiary/aromatic N) is 3. The zero-order chi connectivity index (χ0) is 23.1. The molecule has 1 unspecified atom stereocenters. The van der Waals surface area contributed by atoms with Gasteiger partial charge in [-0.15, -0.1) is 24.8 Å². The molecule has 0 radical (unpaired) electrons. The van der Waals surface area contributed by atoms with Crippen LogP contribution >= 0.6 is 36.4 Å². The summed E-state index contributed by atoms with van der Waals surface area (Å²) in [6.45, 7) is 5.13. The van der Waals surface area contributed by atoms with E-state index in [2.05, 4.69) is 56.4 Å². The second-order valence-electron chi connectivity index (χ2n) is 10.5. The van der Waals surface area contributed by atoms with E-state index in [1.807, 2.05) is 6.07 Å². The van der Waals surface area contributed by atoms with Crippen LogP contribution in [0.15, 0.2) is 42.5 Å². The Balaban J connectivity index is 0.00000127. The molecule has 4 aliphatic rings. The number of likely N-dealkylation sites (tertiary alicyclic amines) is 1. The number of hydrogen-bond acceptors (Lipinski definition) is 4. The molecule has 2 aromatic rings. The molecule has 1 spiro atoms. The van der Waals surface area contributed by atoms with Gasteiger partial charge in [0.1, 0.15) is 5.54 Å². The lowest BCUT2D eigenvalue weighted by molar-refractivity contribution is -0.129. The molecule has 4 heterocycles. The maximum Gasteiger partial charge on any atom is 0.241 e. The number of nitrogens with one attached hydrogen (secondary N) is 1. The molecule has 3 N–H and O–H groups in total. The fourth-order valence-electron chi connectivity index (χ4n) is 6.75. The van der Waals surface area contributed by atoms with E-state index in [1.165, 1.54) is 35.3 Å². The molecule has 204 valence electrons. The summed E-state index contributed by atoms with van der Waals surface area (Å²) in [6, 6.07) is 15.2. The quantitative estimate of drug-likeness (QED) is 0.576. The average molecular weight is 570 g/mol. The fraction of sp³-hybridized carbons (Fsp3) is 0.536. The Morgan fingerprint density at radius 2 is 1.65 bits per heavy atom. The number of anilines is 2. The first-order valence-corrected chi connectivity index (χ1v) is 13.5. The van der Waals surface area contributed by atoms with Crippen LogP contribution in [0.1, 0.15) is 49.7 Å². The number of piperidine rings is 2. The number of fused-ring (bicyclic) bond motifs is 4. The largest absolute Gasteiger partial charge is 0.412 e. The molecule has 1 amide bonds. The van der Waals surface area contributed by atoms with Gasteiger partial charge in [-0.05, 0) is 87.2 Å². The Bertz CT molecular complexity index is 1080. The maximum absolute atomic E-state index is 12.9. The zero-order valence-electron chi connectivity index (χ0n) is 21.3. The highest BCUT2D eigenvalue weighted by Gasteiger charge is 2.54. The van der Waals surface area contributed by atoms with E-state index >= 15 is 0 Å². The van der Waals surface area contributed by atoms with Gasteiger partial charge in [-0.1, -0.05) is 35.9 Å². The van der Waals surface area contributed by atoms with E-state index in [1.54, 1.807) is 0 Å². The lowest BCUT2D eigenvalue weighted by Crippen LogP contribution is -2.58. The Hall–Kier alpha value is -1.54. The first-order valence-electron chi connectivity index (χ1n) is 13.1. The summed E-state index contributed by atoms with van der Waals surface area (Å²) in [4.78, 5) is 20.5. The summed E-state index contributed by atoms with van der Waals surface area (Å²) in [5, 5.41) is 4.10. The summed E-state index contributed by atoms with van der Waals surface area (Å²) < 4.78 is 0. The van der Waals surface area contributed by atoms with Crippen molar-refractivity contribution in [2.45, 2.75) is 63.1 Å². The fourth-order valence-corrected chi connectivity index (χ4v) is 6.91. The Labute approximate surface area is 237 Å². The van der Waals surface area contributed by atoms with Crippen LogP contribution in [0.2, 0.25) is 5.02 Å². The number of hydrogen-bond donors (Lipinski definition) is 1. The predicted molar refractivity (Wildman–Crippen MR) is 156 cm³/mol. The second kappa shape index (κ2) is 12.5. The maximum atomic E-state index is 12.9. The molecule has 6 rings (SSSR count). The van der Waals surface area contributed by atoms with Crippen molar-refractivity contribution in [1.82, 2.24) is 15.1 Å². The van der Waals surface area contributed by atoms with Gasteiger partial charge in [0.25, 0.3) is 0 Å². The minimum Gasteiger partial charge on any atom is -0.412 e. The van der Waals surface area contributed by atoms with Gasteiger partial charge in [0.2, 0.25) is 5.91 Å². The molecule has 9 heteroatoms. The highest BCUT2D eigenvalue weighted by molar-refractivity contribution is 6.30. The van der Waals surface area contributed by atoms with Crippen LogP contribution in [0.3, 0.4) is 0 Å². The predicted octanol–water partition coefficient (Wildman–Crippen LogP) is 4.76. The minimum atomic E-state index is -0.249. The van der Waals surface area contributed by atoms with E-state index in [0.717, 1.165) is 76.3 Å². The van der Waals surface area contributed by atoms with Crippen molar-refractivity contribution in [3.63, 3.8) is 0 Å². The van der Waals surface area contributed by atoms with Gasteiger partial charge in [0.15, 0.2) is 0 Å². The van der Waals surface area contributed by atoms with Crippen LogP contribution in [0.25, 0.3) is 0 Å². The minimum absolute atomic E-state index is 0. The first-order chi connectivity index (χ1) is 16.6. The van der Waals surface area contributed by atoms with Gasteiger partial charge < -0.3 is 20.6 Å². The van der Waals surface area contributed by atoms with E-state index in [9.17, 15) is 4.79 Å². The SMILES string of the molecule is Cl.Cl.O.O=C1NC2CCCCN2C12CCN(CCCN1c3ccccc3CCc3ccc(Cl)cc31)CC2. The highest BCUT2D eigenvalue weighted by atomic mass is 35.5. The normalized spacial score (nSPS) is 22.4. The van der Waals surface area contributed by atoms with Gasteiger partial charge in [-0.2, -0.15) is 0 Å². The molecular formula is C28H39Cl3N4O2. The molecule has 2 aromatic carbocycles. The molecule has 4 aliphatic heterocycles. The van der Waals surface area contributed by atoms with Crippen molar-refractivity contribution in [2.75, 3.05) is 37.6 Å². The van der Waals surface area contributed by atoms with Gasteiger partial charge in [0.05, 0.1) is 6.17 Å². The molecule has 0 aliphatic carbocycles. The molecule has 3 fully saturated rings. The van der Waals surface area contributed by atoms with Crippen molar-refractivity contribution >= 4 is 53.7 Å². The van der Waals surface area contributed by atoms with E-state index in [4.69, 9.17) is 11.6 Å². The molecule has 0 aromatic heterocycles. The Morgan fingerprint density at radius 3 is 2.43 bits per heavy atom. The van der Waals surface area contributed by atoms with Crippen LogP contribution in [0.5, 0.6) is 0 Å². The van der Waals surface area contributed by atoms with Gasteiger partial charge in [-0.25, -0.2) is 0 Å². The van der Waals surface area contributed by atoms with Crippen molar-refractivity contribution in [3.05, 3.63) is 58.6 Å². The third-order valence-electron chi connectivity index (χ3n) is 8.60. The topological polar surface area (TPSA) is 70.3 Å². The van der Waals surface area contributed by atoms with Gasteiger partial charge >= 0.3 is 0 Å². The average Bonchev–Trinajstić information content (AvgIpc) is 3.03. The van der Waals surface area contributed by atoms with Crippen LogP contribution in [0.4, 0.5) is 11.4 Å². The lowest BCUT2D eigenvalue weighted by Gasteiger charge is -2.45. The third kappa shape index (κ3) is 5.61. The number of para-hydroxylation sites is 1. The van der Waals surface area contributed by atoms with Crippen molar-refractivity contribution in [3.8, 4) is 0 Å². The van der Waals surface area contributed by atoms with Crippen molar-refractivity contribution in [2.24, 2.45) is 0 Å². The van der Waals surface area contributed by atoms with Gasteiger partial charge in [-0.3, -0.25) is 9.69 Å². The van der Waals surface area contributed by atoms with E-state index in [0.29, 0.717) is 0 Å². The van der Waals surface area contributed by atoms with Crippen LogP contribution in [-0.4, -0.2) is 65.6 Å². The number of halogens is 3. The molecule has 0 bridgehead atoms. The zero-order valence-corrected chi connectivity index (χ0v) is 23.6. The number of amides is 1. The highest BCUT2D eigenvalue weighted by Crippen LogP contribution is 2.39. The first kappa shape index (κ1) is 30.0. The number of rotatable bonds is 4. The summed E-state index contributed by atoms with van der Waals surface area (Å²) in [6.07, 6.45) is 8.97. The van der Waals surface area contributed by atoms with Crippen LogP contribution < -0.4 is 10.2 Å². The van der Waals surface area contributed by atoms with E-state index < -0.39 is 0 Å². The Morgan fingerprint density at radius 1 is 0.919 bits per heavy atom. The second-order valence-corrected chi connectivity index (χ2v) is 10.9. The Kier molecular flexibility index (Phi) is 10.2. The molecule has 0 saturated carbocycles. The molecule has 37 heavy (non-hydrogen) atoms.